The van der Waals surface area contributed by atoms with Gasteiger partial charge in [0, 0.05) is 12.0 Å². The van der Waals surface area contributed by atoms with Crippen LogP contribution < -0.4 is 14.2 Å². The minimum Gasteiger partial charge on any atom is -0.496 e. The second kappa shape index (κ2) is 7.55. The largest absolute Gasteiger partial charge is 0.496 e. The fraction of sp³-hybridized carbons (Fsp3) is 0.263. The summed E-state index contributed by atoms with van der Waals surface area (Å²) in [6.45, 7) is 6.19. The maximum absolute atomic E-state index is 5.59. The molecule has 0 aromatic heterocycles. The van der Waals surface area contributed by atoms with E-state index in [1.165, 1.54) is 0 Å². The second-order valence-electron chi connectivity index (χ2n) is 5.07. The summed E-state index contributed by atoms with van der Waals surface area (Å²) in [6.07, 6.45) is 2.45. The van der Waals surface area contributed by atoms with Crippen molar-refractivity contribution in [1.82, 2.24) is 0 Å². The first-order chi connectivity index (χ1) is 10.7. The van der Waals surface area contributed by atoms with Crippen LogP contribution in [0.2, 0.25) is 0 Å². The van der Waals surface area contributed by atoms with E-state index in [9.17, 15) is 0 Å². The van der Waals surface area contributed by atoms with Crippen LogP contribution in [0.3, 0.4) is 0 Å². The van der Waals surface area contributed by atoms with Gasteiger partial charge in [0.2, 0.25) is 0 Å². The zero-order chi connectivity index (χ0) is 15.9. The Bertz CT molecular complexity index is 622. The third kappa shape index (κ3) is 3.82. The lowest BCUT2D eigenvalue weighted by atomic mass is 10.0. The van der Waals surface area contributed by atoms with Crippen molar-refractivity contribution in [2.24, 2.45) is 0 Å². The predicted octanol–water partition coefficient (Wildman–Crippen LogP) is 4.17. The number of ether oxygens (including phenoxy) is 3. The van der Waals surface area contributed by atoms with E-state index in [4.69, 9.17) is 14.2 Å². The Morgan fingerprint density at radius 1 is 1.05 bits per heavy atom. The Morgan fingerprint density at radius 3 is 2.32 bits per heavy atom. The van der Waals surface area contributed by atoms with Gasteiger partial charge in [-0.05, 0) is 42.3 Å². The van der Waals surface area contributed by atoms with Crippen LogP contribution in [0.4, 0.5) is 0 Å². The first kappa shape index (κ1) is 16.0. The van der Waals surface area contributed by atoms with Gasteiger partial charge in [-0.1, -0.05) is 24.8 Å². The lowest BCUT2D eigenvalue weighted by molar-refractivity contribution is 0.362. The summed E-state index contributed by atoms with van der Waals surface area (Å²) < 4.78 is 16.6. The molecule has 0 fully saturated rings. The molecule has 0 N–H and O–H groups in total. The van der Waals surface area contributed by atoms with E-state index in [1.54, 1.807) is 20.3 Å². The monoisotopic (exact) mass is 298 g/mol. The van der Waals surface area contributed by atoms with Crippen molar-refractivity contribution in [3.05, 3.63) is 65.7 Å². The number of benzene rings is 2. The van der Waals surface area contributed by atoms with Gasteiger partial charge in [0.05, 0.1) is 14.2 Å². The molecule has 0 saturated heterocycles. The van der Waals surface area contributed by atoms with E-state index in [-0.39, 0.29) is 0 Å². The molecule has 3 nitrogen and oxygen atoms in total. The normalized spacial score (nSPS) is 10.1. The van der Waals surface area contributed by atoms with Crippen molar-refractivity contribution in [1.29, 1.82) is 0 Å². The van der Waals surface area contributed by atoms with Crippen LogP contribution in [-0.4, -0.2) is 20.8 Å². The number of hydrogen-bond donors (Lipinski definition) is 0. The number of hydrogen-bond acceptors (Lipinski definition) is 3. The standard InChI is InChI=1S/C19H22O3/c1-5-9-22-16-8-6-7-15(12-16)13-17-18(20-3)10-14(2)11-19(17)21-4/h5-8,10-12H,1,9,13H2,2-4H3. The van der Waals surface area contributed by atoms with E-state index in [2.05, 4.69) is 12.6 Å². The van der Waals surface area contributed by atoms with E-state index >= 15 is 0 Å². The quantitative estimate of drug-likeness (QED) is 0.718. The van der Waals surface area contributed by atoms with Crippen LogP contribution >= 0.6 is 0 Å². The molecule has 116 valence electrons. The Balaban J connectivity index is 2.32. The Hall–Kier alpha value is -2.42. The van der Waals surface area contributed by atoms with Crippen LogP contribution in [0, 0.1) is 6.92 Å². The molecule has 0 saturated carbocycles. The van der Waals surface area contributed by atoms with E-state index in [0.29, 0.717) is 6.61 Å². The van der Waals surface area contributed by atoms with Gasteiger partial charge in [-0.15, -0.1) is 0 Å². The van der Waals surface area contributed by atoms with E-state index in [0.717, 1.165) is 40.4 Å². The molecule has 0 atom stereocenters. The van der Waals surface area contributed by atoms with Crippen molar-refractivity contribution in [3.8, 4) is 17.2 Å². The molecule has 3 heteroatoms. The third-order valence-electron chi connectivity index (χ3n) is 3.40. The van der Waals surface area contributed by atoms with Crippen molar-refractivity contribution in [2.75, 3.05) is 20.8 Å². The smallest absolute Gasteiger partial charge is 0.126 e. The topological polar surface area (TPSA) is 27.7 Å². The highest BCUT2D eigenvalue weighted by atomic mass is 16.5. The lowest BCUT2D eigenvalue weighted by Crippen LogP contribution is -2.00. The Kier molecular flexibility index (Phi) is 5.48. The molecular formula is C19H22O3. The lowest BCUT2D eigenvalue weighted by Gasteiger charge is -2.15. The Morgan fingerprint density at radius 2 is 1.73 bits per heavy atom. The number of rotatable bonds is 7. The fourth-order valence-electron chi connectivity index (χ4n) is 2.39. The van der Waals surface area contributed by atoms with Crippen molar-refractivity contribution in [3.63, 3.8) is 0 Å². The van der Waals surface area contributed by atoms with E-state index < -0.39 is 0 Å². The summed E-state index contributed by atoms with van der Waals surface area (Å²) in [4.78, 5) is 0. The molecular weight excluding hydrogens is 276 g/mol. The molecule has 0 spiro atoms. The molecule has 0 radical (unpaired) electrons. The van der Waals surface area contributed by atoms with Crippen LogP contribution in [0.15, 0.2) is 49.1 Å². The highest BCUT2D eigenvalue weighted by Crippen LogP contribution is 2.33. The summed E-state index contributed by atoms with van der Waals surface area (Å²) in [6, 6.07) is 12.1. The van der Waals surface area contributed by atoms with Crippen LogP contribution in [0.1, 0.15) is 16.7 Å². The summed E-state index contributed by atoms with van der Waals surface area (Å²) in [5.41, 5.74) is 3.29. The van der Waals surface area contributed by atoms with Gasteiger partial charge < -0.3 is 14.2 Å². The average molecular weight is 298 g/mol. The third-order valence-corrected chi connectivity index (χ3v) is 3.40. The maximum Gasteiger partial charge on any atom is 0.126 e. The Labute approximate surface area is 132 Å². The van der Waals surface area contributed by atoms with Crippen molar-refractivity contribution in [2.45, 2.75) is 13.3 Å². The number of aryl methyl sites for hydroxylation is 1. The average Bonchev–Trinajstić information content (AvgIpc) is 2.54. The van der Waals surface area contributed by atoms with Gasteiger partial charge in [0.1, 0.15) is 23.9 Å². The zero-order valence-electron chi connectivity index (χ0n) is 13.4. The molecule has 0 amide bonds. The molecule has 2 aromatic rings. The zero-order valence-corrected chi connectivity index (χ0v) is 13.4. The molecule has 22 heavy (non-hydrogen) atoms. The molecule has 2 rings (SSSR count). The van der Waals surface area contributed by atoms with Gasteiger partial charge in [-0.25, -0.2) is 0 Å². The van der Waals surface area contributed by atoms with Crippen LogP contribution in [0.5, 0.6) is 17.2 Å². The fourth-order valence-corrected chi connectivity index (χ4v) is 2.39. The van der Waals surface area contributed by atoms with E-state index in [1.807, 2.05) is 37.3 Å². The summed E-state index contributed by atoms with van der Waals surface area (Å²) in [7, 11) is 3.36. The van der Waals surface area contributed by atoms with Crippen molar-refractivity contribution >= 4 is 0 Å². The van der Waals surface area contributed by atoms with Crippen LogP contribution in [-0.2, 0) is 6.42 Å². The first-order valence-corrected chi connectivity index (χ1v) is 7.22. The minimum atomic E-state index is 0.501. The predicted molar refractivity (Wildman–Crippen MR) is 89.2 cm³/mol. The number of methoxy groups -OCH3 is 2. The molecule has 2 aromatic carbocycles. The van der Waals surface area contributed by atoms with Gasteiger partial charge in [-0.2, -0.15) is 0 Å². The molecule has 0 aliphatic rings. The van der Waals surface area contributed by atoms with Crippen LogP contribution in [0.25, 0.3) is 0 Å². The minimum absolute atomic E-state index is 0.501. The molecule has 0 heterocycles. The van der Waals surface area contributed by atoms with Crippen molar-refractivity contribution < 1.29 is 14.2 Å². The second-order valence-corrected chi connectivity index (χ2v) is 5.07. The molecule has 0 aliphatic carbocycles. The highest BCUT2D eigenvalue weighted by molar-refractivity contribution is 5.50. The highest BCUT2D eigenvalue weighted by Gasteiger charge is 2.12. The summed E-state index contributed by atoms with van der Waals surface area (Å²) in [5, 5.41) is 0. The first-order valence-electron chi connectivity index (χ1n) is 7.22. The molecule has 0 unspecified atom stereocenters. The molecule has 0 aliphatic heterocycles. The maximum atomic E-state index is 5.59. The van der Waals surface area contributed by atoms with Gasteiger partial charge in [0.25, 0.3) is 0 Å². The van der Waals surface area contributed by atoms with Gasteiger partial charge in [0.15, 0.2) is 0 Å². The van der Waals surface area contributed by atoms with Gasteiger partial charge in [-0.3, -0.25) is 0 Å². The SMILES string of the molecule is C=CCOc1cccc(Cc2c(OC)cc(C)cc2OC)c1. The molecule has 0 bridgehead atoms. The summed E-state index contributed by atoms with van der Waals surface area (Å²) in [5.74, 6) is 2.52. The summed E-state index contributed by atoms with van der Waals surface area (Å²) >= 11 is 0. The van der Waals surface area contributed by atoms with Gasteiger partial charge >= 0.3 is 0 Å².